The van der Waals surface area contributed by atoms with Crippen LogP contribution in [0.4, 0.5) is 0 Å². The molecule has 0 amide bonds. The number of benzene rings is 2. The molecule has 146 valence electrons. The summed E-state index contributed by atoms with van der Waals surface area (Å²) in [7, 11) is 0. The largest absolute Gasteiger partial charge is 0.487 e. The van der Waals surface area contributed by atoms with E-state index in [4.69, 9.17) is 14.6 Å². The van der Waals surface area contributed by atoms with Gasteiger partial charge in [0, 0.05) is 29.5 Å². The first-order chi connectivity index (χ1) is 12.2. The molecular formula is C23H30O4. The van der Waals surface area contributed by atoms with Crippen LogP contribution in [0.25, 0.3) is 0 Å². The highest BCUT2D eigenvalue weighted by Crippen LogP contribution is 2.37. The van der Waals surface area contributed by atoms with Gasteiger partial charge in [0.2, 0.25) is 0 Å². The molecule has 4 nitrogen and oxygen atoms in total. The van der Waals surface area contributed by atoms with E-state index >= 15 is 0 Å². The SMILES string of the molecule is C.CC1(C)Cc2c(C=O)cccc2O1.CC1(C)Cc2c(CO)cccc2O1. The number of aldehydes is 1. The normalized spacial score (nSPS) is 17.2. The van der Waals surface area contributed by atoms with Gasteiger partial charge in [-0.3, -0.25) is 4.79 Å². The molecule has 2 aromatic rings. The second-order valence-corrected chi connectivity index (χ2v) is 8.07. The summed E-state index contributed by atoms with van der Waals surface area (Å²) in [5.41, 5.74) is 3.67. The van der Waals surface area contributed by atoms with E-state index in [1.54, 1.807) is 0 Å². The molecule has 4 heteroatoms. The lowest BCUT2D eigenvalue weighted by atomic mass is 9.98. The molecule has 0 bridgehead atoms. The molecule has 1 N–H and O–H groups in total. The Kier molecular flexibility index (Phi) is 6.01. The molecule has 0 fully saturated rings. The Labute approximate surface area is 162 Å². The highest BCUT2D eigenvalue weighted by molar-refractivity contribution is 5.79. The molecule has 2 heterocycles. The van der Waals surface area contributed by atoms with Gasteiger partial charge in [-0.1, -0.05) is 31.7 Å². The first-order valence-electron chi connectivity index (χ1n) is 8.91. The maximum atomic E-state index is 10.7. The van der Waals surface area contributed by atoms with Crippen molar-refractivity contribution in [3.8, 4) is 11.5 Å². The minimum absolute atomic E-state index is 0. The fourth-order valence-electron chi connectivity index (χ4n) is 3.55. The van der Waals surface area contributed by atoms with Gasteiger partial charge in [0.1, 0.15) is 29.0 Å². The lowest BCUT2D eigenvalue weighted by Crippen LogP contribution is -2.24. The topological polar surface area (TPSA) is 55.8 Å². The second kappa shape index (κ2) is 7.73. The number of rotatable bonds is 2. The van der Waals surface area contributed by atoms with Gasteiger partial charge in [-0.25, -0.2) is 0 Å². The van der Waals surface area contributed by atoms with E-state index in [-0.39, 0.29) is 25.2 Å². The average Bonchev–Trinajstić information content (AvgIpc) is 3.07. The average molecular weight is 370 g/mol. The molecule has 0 atom stereocenters. The zero-order valence-corrected chi connectivity index (χ0v) is 15.8. The first kappa shape index (κ1) is 21.0. The molecule has 0 unspecified atom stereocenters. The standard InChI is InChI=1S/C11H14O2.C11H12O2.CH4/c2*1-11(2)6-9-8(7-12)4-3-5-10(9)13-11;/h3-5,12H,6-7H2,1-2H3;3-5,7H,6H2,1-2H3;1H4. The Morgan fingerprint density at radius 1 is 0.926 bits per heavy atom. The van der Waals surface area contributed by atoms with E-state index < -0.39 is 0 Å². The van der Waals surface area contributed by atoms with Gasteiger partial charge < -0.3 is 14.6 Å². The van der Waals surface area contributed by atoms with Crippen LogP contribution in [0.2, 0.25) is 0 Å². The summed E-state index contributed by atoms with van der Waals surface area (Å²) >= 11 is 0. The summed E-state index contributed by atoms with van der Waals surface area (Å²) in [5.74, 6) is 1.78. The molecule has 0 saturated heterocycles. The fraction of sp³-hybridized carbons (Fsp3) is 0.435. The Hall–Kier alpha value is -2.33. The highest BCUT2D eigenvalue weighted by Gasteiger charge is 2.32. The van der Waals surface area contributed by atoms with Crippen molar-refractivity contribution in [3.63, 3.8) is 0 Å². The van der Waals surface area contributed by atoms with Crippen LogP contribution in [-0.2, 0) is 19.4 Å². The predicted molar refractivity (Wildman–Crippen MR) is 108 cm³/mol. The third-order valence-corrected chi connectivity index (χ3v) is 4.67. The van der Waals surface area contributed by atoms with Crippen LogP contribution >= 0.6 is 0 Å². The summed E-state index contributed by atoms with van der Waals surface area (Å²) in [6.45, 7) is 8.29. The number of ether oxygens (including phenoxy) is 2. The van der Waals surface area contributed by atoms with Crippen molar-refractivity contribution in [2.24, 2.45) is 0 Å². The number of aliphatic hydroxyl groups excluding tert-OH is 1. The summed E-state index contributed by atoms with van der Waals surface area (Å²) < 4.78 is 11.4. The summed E-state index contributed by atoms with van der Waals surface area (Å²) in [6.07, 6.45) is 2.60. The molecule has 4 rings (SSSR count). The van der Waals surface area contributed by atoms with E-state index in [2.05, 4.69) is 13.8 Å². The molecular weight excluding hydrogens is 340 g/mol. The predicted octanol–water partition coefficient (Wildman–Crippen LogP) is 4.74. The Morgan fingerprint density at radius 3 is 2.00 bits per heavy atom. The Morgan fingerprint density at radius 2 is 1.44 bits per heavy atom. The van der Waals surface area contributed by atoms with Gasteiger partial charge in [0.15, 0.2) is 0 Å². The highest BCUT2D eigenvalue weighted by atomic mass is 16.5. The monoisotopic (exact) mass is 370 g/mol. The van der Waals surface area contributed by atoms with Gasteiger partial charge in [0.05, 0.1) is 6.61 Å². The van der Waals surface area contributed by atoms with Crippen molar-refractivity contribution < 1.29 is 19.4 Å². The minimum Gasteiger partial charge on any atom is -0.487 e. The molecule has 0 radical (unpaired) electrons. The zero-order chi connectivity index (χ0) is 18.9. The first-order valence-corrected chi connectivity index (χ1v) is 8.91. The summed E-state index contributed by atoms with van der Waals surface area (Å²) in [6, 6.07) is 11.4. The van der Waals surface area contributed by atoms with E-state index in [0.717, 1.165) is 52.9 Å². The van der Waals surface area contributed by atoms with Crippen molar-refractivity contribution in [1.82, 2.24) is 0 Å². The molecule has 0 aliphatic carbocycles. The molecule has 0 saturated carbocycles. The number of hydrogen-bond donors (Lipinski definition) is 1. The van der Waals surface area contributed by atoms with Gasteiger partial charge in [0.25, 0.3) is 0 Å². The summed E-state index contributed by atoms with van der Waals surface area (Å²) in [4.78, 5) is 10.7. The smallest absolute Gasteiger partial charge is 0.150 e. The van der Waals surface area contributed by atoms with Gasteiger partial charge in [-0.15, -0.1) is 0 Å². The molecule has 2 aliphatic rings. The van der Waals surface area contributed by atoms with Crippen molar-refractivity contribution in [3.05, 3.63) is 58.7 Å². The summed E-state index contributed by atoms with van der Waals surface area (Å²) in [5, 5.41) is 9.12. The molecule has 2 aliphatic heterocycles. The van der Waals surface area contributed by atoms with Crippen molar-refractivity contribution >= 4 is 6.29 Å². The third-order valence-electron chi connectivity index (χ3n) is 4.67. The van der Waals surface area contributed by atoms with Crippen molar-refractivity contribution in [2.75, 3.05) is 0 Å². The second-order valence-electron chi connectivity index (χ2n) is 8.07. The van der Waals surface area contributed by atoms with Crippen molar-refractivity contribution in [2.45, 2.75) is 65.8 Å². The molecule has 0 spiro atoms. The maximum absolute atomic E-state index is 10.7. The Bertz CT molecular complexity index is 821. The third kappa shape index (κ3) is 4.51. The van der Waals surface area contributed by atoms with Gasteiger partial charge in [-0.05, 0) is 45.4 Å². The van der Waals surface area contributed by atoms with Crippen LogP contribution in [-0.4, -0.2) is 22.6 Å². The number of carbonyl (C=O) groups is 1. The van der Waals surface area contributed by atoms with Crippen LogP contribution in [0.3, 0.4) is 0 Å². The van der Waals surface area contributed by atoms with Crippen LogP contribution in [0.5, 0.6) is 11.5 Å². The Balaban J connectivity index is 0.000000187. The number of aliphatic hydroxyl groups is 1. The van der Waals surface area contributed by atoms with Crippen LogP contribution < -0.4 is 9.47 Å². The lowest BCUT2D eigenvalue weighted by Gasteiger charge is -2.16. The number of fused-ring (bicyclic) bond motifs is 2. The van der Waals surface area contributed by atoms with Crippen LogP contribution in [0.1, 0.15) is 62.2 Å². The maximum Gasteiger partial charge on any atom is 0.150 e. The van der Waals surface area contributed by atoms with Crippen LogP contribution in [0.15, 0.2) is 36.4 Å². The molecule has 2 aromatic carbocycles. The number of hydrogen-bond acceptors (Lipinski definition) is 4. The van der Waals surface area contributed by atoms with Gasteiger partial charge in [-0.2, -0.15) is 0 Å². The molecule has 0 aromatic heterocycles. The minimum atomic E-state index is -0.165. The lowest BCUT2D eigenvalue weighted by molar-refractivity contribution is 0.112. The van der Waals surface area contributed by atoms with E-state index in [0.29, 0.717) is 0 Å². The van der Waals surface area contributed by atoms with Crippen molar-refractivity contribution in [1.29, 1.82) is 0 Å². The zero-order valence-electron chi connectivity index (χ0n) is 15.8. The van der Waals surface area contributed by atoms with E-state index in [9.17, 15) is 4.79 Å². The van der Waals surface area contributed by atoms with Gasteiger partial charge >= 0.3 is 0 Å². The van der Waals surface area contributed by atoms with E-state index in [1.165, 1.54) is 0 Å². The fourth-order valence-corrected chi connectivity index (χ4v) is 3.55. The number of carbonyl (C=O) groups excluding carboxylic acids is 1. The quantitative estimate of drug-likeness (QED) is 0.776. The molecule has 27 heavy (non-hydrogen) atoms. The van der Waals surface area contributed by atoms with Crippen LogP contribution in [0, 0.1) is 0 Å². The van der Waals surface area contributed by atoms with E-state index in [1.807, 2.05) is 50.2 Å².